The van der Waals surface area contributed by atoms with Crippen molar-refractivity contribution in [2.45, 2.75) is 46.6 Å². The van der Waals surface area contributed by atoms with E-state index in [1.54, 1.807) is 4.90 Å². The Labute approximate surface area is 115 Å². The van der Waals surface area contributed by atoms with E-state index in [0.29, 0.717) is 38.5 Å². The minimum Gasteiger partial charge on any atom is -0.444 e. The van der Waals surface area contributed by atoms with Gasteiger partial charge in [-0.15, -0.1) is 0 Å². The lowest BCUT2D eigenvalue weighted by Gasteiger charge is -2.35. The van der Waals surface area contributed by atoms with E-state index in [1.807, 2.05) is 39.5 Å². The van der Waals surface area contributed by atoms with Gasteiger partial charge in [0, 0.05) is 32.6 Å². The second-order valence-electron chi connectivity index (χ2n) is 6.45. The minimum atomic E-state index is -0.471. The molecule has 1 rings (SSSR count). The van der Waals surface area contributed by atoms with E-state index in [0.717, 1.165) is 0 Å². The van der Waals surface area contributed by atoms with E-state index in [9.17, 15) is 9.59 Å². The van der Waals surface area contributed by atoms with Crippen LogP contribution in [0, 0.1) is 5.92 Å². The number of carbonyl (C=O) groups excluding carboxylic acids is 2. The van der Waals surface area contributed by atoms with Crippen molar-refractivity contribution in [3.8, 4) is 0 Å². The first kappa shape index (κ1) is 15.8. The lowest BCUT2D eigenvalue weighted by atomic mass is 10.1. The first-order valence-electron chi connectivity index (χ1n) is 6.95. The van der Waals surface area contributed by atoms with Crippen molar-refractivity contribution in [3.63, 3.8) is 0 Å². The maximum atomic E-state index is 11.9. The largest absolute Gasteiger partial charge is 0.444 e. The molecule has 0 aromatic heterocycles. The maximum absolute atomic E-state index is 11.9. The molecule has 2 amide bonds. The minimum absolute atomic E-state index is 0.179. The molecule has 0 saturated carbocycles. The topological polar surface area (TPSA) is 49.9 Å². The van der Waals surface area contributed by atoms with Gasteiger partial charge in [0.2, 0.25) is 5.91 Å². The van der Waals surface area contributed by atoms with Crippen LogP contribution in [0.25, 0.3) is 0 Å². The van der Waals surface area contributed by atoms with Gasteiger partial charge >= 0.3 is 6.09 Å². The van der Waals surface area contributed by atoms with Crippen molar-refractivity contribution in [3.05, 3.63) is 0 Å². The van der Waals surface area contributed by atoms with Crippen LogP contribution in [-0.4, -0.2) is 53.6 Å². The number of hydrogen-bond donors (Lipinski definition) is 0. The molecule has 5 nitrogen and oxygen atoms in total. The Balaban J connectivity index is 2.40. The summed E-state index contributed by atoms with van der Waals surface area (Å²) < 4.78 is 5.32. The first-order chi connectivity index (χ1) is 8.69. The molecule has 0 unspecified atom stereocenters. The predicted molar refractivity (Wildman–Crippen MR) is 73.8 cm³/mol. The Morgan fingerprint density at radius 2 is 1.53 bits per heavy atom. The van der Waals surface area contributed by atoms with Crippen LogP contribution in [0.15, 0.2) is 0 Å². The van der Waals surface area contributed by atoms with Crippen LogP contribution < -0.4 is 0 Å². The summed E-state index contributed by atoms with van der Waals surface area (Å²) in [5.74, 6) is 0.551. The third kappa shape index (κ3) is 5.49. The van der Waals surface area contributed by atoms with Gasteiger partial charge in [-0.2, -0.15) is 0 Å². The van der Waals surface area contributed by atoms with E-state index in [4.69, 9.17) is 4.74 Å². The molecule has 0 atom stereocenters. The van der Waals surface area contributed by atoms with Crippen LogP contribution in [0.2, 0.25) is 0 Å². The molecule has 110 valence electrons. The highest BCUT2D eigenvalue weighted by Gasteiger charge is 2.27. The van der Waals surface area contributed by atoms with Crippen molar-refractivity contribution < 1.29 is 14.3 Å². The number of rotatable bonds is 2. The summed E-state index contributed by atoms with van der Waals surface area (Å²) in [4.78, 5) is 27.3. The zero-order valence-electron chi connectivity index (χ0n) is 12.7. The molecule has 19 heavy (non-hydrogen) atoms. The summed E-state index contributed by atoms with van der Waals surface area (Å²) in [6, 6.07) is 0. The molecular formula is C14H26N2O3. The molecular weight excluding hydrogens is 244 g/mol. The molecule has 0 N–H and O–H groups in total. The third-order valence-electron chi connectivity index (χ3n) is 2.87. The first-order valence-corrected chi connectivity index (χ1v) is 6.95. The fraction of sp³-hybridized carbons (Fsp3) is 0.857. The molecule has 1 heterocycles. The molecule has 0 bridgehead atoms. The number of amides is 2. The summed E-state index contributed by atoms with van der Waals surface area (Å²) in [5.41, 5.74) is -0.471. The normalized spacial score (nSPS) is 16.7. The summed E-state index contributed by atoms with van der Waals surface area (Å²) in [5, 5.41) is 0. The van der Waals surface area contributed by atoms with E-state index in [-0.39, 0.29) is 12.0 Å². The maximum Gasteiger partial charge on any atom is 0.410 e. The number of carbonyl (C=O) groups is 2. The average Bonchev–Trinajstić information content (AvgIpc) is 2.26. The monoisotopic (exact) mass is 270 g/mol. The molecule has 0 spiro atoms. The van der Waals surface area contributed by atoms with Gasteiger partial charge in [0.15, 0.2) is 0 Å². The predicted octanol–water partition coefficient (Wildman–Crippen LogP) is 2.11. The number of hydrogen-bond acceptors (Lipinski definition) is 3. The molecule has 1 aliphatic rings. The molecule has 0 aromatic carbocycles. The van der Waals surface area contributed by atoms with Crippen LogP contribution in [0.5, 0.6) is 0 Å². The number of ether oxygens (including phenoxy) is 1. The van der Waals surface area contributed by atoms with E-state index in [2.05, 4.69) is 0 Å². The Morgan fingerprint density at radius 1 is 1.05 bits per heavy atom. The van der Waals surface area contributed by atoms with Crippen molar-refractivity contribution in [1.82, 2.24) is 9.80 Å². The molecule has 5 heteroatoms. The van der Waals surface area contributed by atoms with Gasteiger partial charge in [0.25, 0.3) is 0 Å². The highest BCUT2D eigenvalue weighted by molar-refractivity contribution is 5.77. The number of nitrogens with zero attached hydrogens (tertiary/aromatic N) is 2. The summed E-state index contributed by atoms with van der Waals surface area (Å²) in [6.07, 6.45) is 0.287. The number of piperazine rings is 1. The van der Waals surface area contributed by atoms with Gasteiger partial charge in [-0.1, -0.05) is 13.8 Å². The van der Waals surface area contributed by atoms with Gasteiger partial charge < -0.3 is 14.5 Å². The van der Waals surface area contributed by atoms with Crippen molar-refractivity contribution >= 4 is 12.0 Å². The van der Waals surface area contributed by atoms with Crippen molar-refractivity contribution in [2.75, 3.05) is 26.2 Å². The Hall–Kier alpha value is -1.26. The fourth-order valence-corrected chi connectivity index (χ4v) is 1.94. The Kier molecular flexibility index (Phi) is 5.20. The van der Waals surface area contributed by atoms with Crippen LogP contribution in [-0.2, 0) is 9.53 Å². The van der Waals surface area contributed by atoms with Gasteiger partial charge in [-0.05, 0) is 26.7 Å². The quantitative estimate of drug-likeness (QED) is 0.772. The molecule has 0 aromatic rings. The summed E-state index contributed by atoms with van der Waals surface area (Å²) in [7, 11) is 0. The average molecular weight is 270 g/mol. The highest BCUT2D eigenvalue weighted by atomic mass is 16.6. The second-order valence-corrected chi connectivity index (χ2v) is 6.45. The zero-order chi connectivity index (χ0) is 14.6. The van der Waals surface area contributed by atoms with Crippen LogP contribution in [0.4, 0.5) is 4.79 Å². The third-order valence-corrected chi connectivity index (χ3v) is 2.87. The summed E-state index contributed by atoms with van der Waals surface area (Å²) in [6.45, 7) is 11.9. The van der Waals surface area contributed by atoms with Crippen LogP contribution in [0.1, 0.15) is 41.0 Å². The highest BCUT2D eigenvalue weighted by Crippen LogP contribution is 2.13. The summed E-state index contributed by atoms with van der Waals surface area (Å²) >= 11 is 0. The molecule has 0 aliphatic carbocycles. The van der Waals surface area contributed by atoms with Gasteiger partial charge in [0.05, 0.1) is 0 Å². The van der Waals surface area contributed by atoms with Crippen LogP contribution >= 0.6 is 0 Å². The lowest BCUT2D eigenvalue weighted by Crippen LogP contribution is -2.51. The van der Waals surface area contributed by atoms with Crippen molar-refractivity contribution in [2.24, 2.45) is 5.92 Å². The van der Waals surface area contributed by atoms with Gasteiger partial charge in [0.1, 0.15) is 5.60 Å². The fourth-order valence-electron chi connectivity index (χ4n) is 1.94. The molecule has 0 radical (unpaired) electrons. The Morgan fingerprint density at radius 3 is 1.95 bits per heavy atom. The van der Waals surface area contributed by atoms with Gasteiger partial charge in [-0.3, -0.25) is 4.79 Å². The standard InChI is InChI=1S/C14H26N2O3/c1-11(2)10-12(17)15-6-8-16(9-7-15)13(18)19-14(3,4)5/h11H,6-10H2,1-5H3. The molecule has 1 aliphatic heterocycles. The zero-order valence-corrected chi connectivity index (χ0v) is 12.7. The molecule has 1 saturated heterocycles. The smallest absolute Gasteiger partial charge is 0.410 e. The Bertz CT molecular complexity index is 326. The van der Waals surface area contributed by atoms with Gasteiger partial charge in [-0.25, -0.2) is 4.79 Å². The van der Waals surface area contributed by atoms with Crippen LogP contribution in [0.3, 0.4) is 0 Å². The van der Waals surface area contributed by atoms with E-state index >= 15 is 0 Å². The van der Waals surface area contributed by atoms with E-state index < -0.39 is 5.60 Å². The van der Waals surface area contributed by atoms with Crippen molar-refractivity contribution in [1.29, 1.82) is 0 Å². The second kappa shape index (κ2) is 6.26. The lowest BCUT2D eigenvalue weighted by molar-refractivity contribution is -0.133. The van der Waals surface area contributed by atoms with E-state index in [1.165, 1.54) is 0 Å². The SMILES string of the molecule is CC(C)CC(=O)N1CCN(C(=O)OC(C)(C)C)CC1. The molecule has 1 fully saturated rings.